The van der Waals surface area contributed by atoms with E-state index in [0.717, 1.165) is 17.7 Å². The number of amides is 1. The molecular weight excluding hydrogens is 330 g/mol. The predicted octanol–water partition coefficient (Wildman–Crippen LogP) is 3.62. The fourth-order valence-corrected chi connectivity index (χ4v) is 3.60. The molecule has 5 heteroatoms. The lowest BCUT2D eigenvalue weighted by Crippen LogP contribution is -2.35. The molecule has 0 aliphatic carbocycles. The van der Waals surface area contributed by atoms with E-state index in [2.05, 4.69) is 13.0 Å². The number of methoxy groups -OCH3 is 3. The maximum atomic E-state index is 12.9. The molecule has 0 saturated heterocycles. The van der Waals surface area contributed by atoms with Gasteiger partial charge in [-0.15, -0.1) is 0 Å². The standard InChI is InChI=1S/C21H25NO4/c1-14-11-16-7-5-6-8-17(16)22(14)20(23)10-9-15-12-18(24-2)21(26-4)19(13-15)25-3/h5-8,12-14H,9-11H2,1-4H3/t14-/m0/s1. The first kappa shape index (κ1) is 18.1. The Morgan fingerprint density at radius 1 is 1.08 bits per heavy atom. The van der Waals surface area contributed by atoms with Crippen LogP contribution in [-0.2, 0) is 17.6 Å². The summed E-state index contributed by atoms with van der Waals surface area (Å²) in [7, 11) is 4.76. The second kappa shape index (κ2) is 7.68. The molecule has 5 nitrogen and oxygen atoms in total. The Labute approximate surface area is 154 Å². The van der Waals surface area contributed by atoms with Crippen LogP contribution in [0.5, 0.6) is 17.2 Å². The second-order valence-corrected chi connectivity index (χ2v) is 6.48. The lowest BCUT2D eigenvalue weighted by molar-refractivity contribution is -0.118. The molecule has 0 aromatic heterocycles. The highest BCUT2D eigenvalue weighted by Crippen LogP contribution is 2.38. The topological polar surface area (TPSA) is 48.0 Å². The molecular formula is C21H25NO4. The molecule has 0 radical (unpaired) electrons. The Bertz CT molecular complexity index is 777. The largest absolute Gasteiger partial charge is 0.493 e. The zero-order valence-electron chi connectivity index (χ0n) is 15.7. The summed E-state index contributed by atoms with van der Waals surface area (Å²) in [5.41, 5.74) is 3.25. The van der Waals surface area contributed by atoms with Crippen LogP contribution in [0.15, 0.2) is 36.4 Å². The third-order valence-corrected chi connectivity index (χ3v) is 4.83. The van der Waals surface area contributed by atoms with E-state index in [-0.39, 0.29) is 11.9 Å². The fourth-order valence-electron chi connectivity index (χ4n) is 3.60. The monoisotopic (exact) mass is 355 g/mol. The van der Waals surface area contributed by atoms with Crippen LogP contribution in [0, 0.1) is 0 Å². The lowest BCUT2D eigenvalue weighted by atomic mass is 10.1. The molecule has 0 bridgehead atoms. The maximum Gasteiger partial charge on any atom is 0.227 e. The highest BCUT2D eigenvalue weighted by Gasteiger charge is 2.30. The number of aryl methyl sites for hydroxylation is 1. The molecule has 0 unspecified atom stereocenters. The van der Waals surface area contributed by atoms with E-state index in [1.54, 1.807) is 21.3 Å². The first-order valence-corrected chi connectivity index (χ1v) is 8.77. The first-order valence-electron chi connectivity index (χ1n) is 8.77. The van der Waals surface area contributed by atoms with E-state index in [1.165, 1.54) is 5.56 Å². The van der Waals surface area contributed by atoms with Crippen LogP contribution in [0.3, 0.4) is 0 Å². The highest BCUT2D eigenvalue weighted by molar-refractivity contribution is 5.96. The molecule has 0 spiro atoms. The van der Waals surface area contributed by atoms with Crippen molar-refractivity contribution in [2.75, 3.05) is 26.2 Å². The summed E-state index contributed by atoms with van der Waals surface area (Å²) in [6.45, 7) is 2.09. The zero-order chi connectivity index (χ0) is 18.7. The third kappa shape index (κ3) is 3.34. The Balaban J connectivity index is 1.76. The minimum atomic E-state index is 0.135. The number of para-hydroxylation sites is 1. The number of rotatable bonds is 6. The Morgan fingerprint density at radius 3 is 2.35 bits per heavy atom. The SMILES string of the molecule is COc1cc(CCC(=O)N2c3ccccc3C[C@@H]2C)cc(OC)c1OC. The van der Waals surface area contributed by atoms with Gasteiger partial charge in [0.1, 0.15) is 0 Å². The van der Waals surface area contributed by atoms with Crippen LogP contribution >= 0.6 is 0 Å². The Hall–Kier alpha value is -2.69. The lowest BCUT2D eigenvalue weighted by Gasteiger charge is -2.23. The number of carbonyl (C=O) groups is 1. The van der Waals surface area contributed by atoms with Gasteiger partial charge in [0.25, 0.3) is 0 Å². The predicted molar refractivity (Wildman–Crippen MR) is 102 cm³/mol. The number of hydrogen-bond donors (Lipinski definition) is 0. The molecule has 1 aliphatic rings. The van der Waals surface area contributed by atoms with Gasteiger partial charge >= 0.3 is 0 Å². The van der Waals surface area contributed by atoms with Crippen LogP contribution in [0.1, 0.15) is 24.5 Å². The van der Waals surface area contributed by atoms with Gasteiger partial charge in [-0.3, -0.25) is 4.79 Å². The van der Waals surface area contributed by atoms with Gasteiger partial charge in [-0.2, -0.15) is 0 Å². The minimum absolute atomic E-state index is 0.135. The third-order valence-electron chi connectivity index (χ3n) is 4.83. The number of carbonyl (C=O) groups excluding carboxylic acids is 1. The molecule has 0 saturated carbocycles. The second-order valence-electron chi connectivity index (χ2n) is 6.48. The van der Waals surface area contributed by atoms with Crippen molar-refractivity contribution in [3.8, 4) is 17.2 Å². The molecule has 26 heavy (non-hydrogen) atoms. The van der Waals surface area contributed by atoms with Crippen molar-refractivity contribution < 1.29 is 19.0 Å². The van der Waals surface area contributed by atoms with Gasteiger partial charge in [0.2, 0.25) is 11.7 Å². The van der Waals surface area contributed by atoms with Crippen molar-refractivity contribution in [3.63, 3.8) is 0 Å². The Morgan fingerprint density at radius 2 is 1.73 bits per heavy atom. The van der Waals surface area contributed by atoms with Gasteiger partial charge in [-0.05, 0) is 49.1 Å². The van der Waals surface area contributed by atoms with Gasteiger partial charge in [-0.1, -0.05) is 18.2 Å². The van der Waals surface area contributed by atoms with E-state index in [1.807, 2.05) is 35.2 Å². The summed E-state index contributed by atoms with van der Waals surface area (Å²) < 4.78 is 16.1. The van der Waals surface area contributed by atoms with Gasteiger partial charge in [0.15, 0.2) is 11.5 Å². The van der Waals surface area contributed by atoms with Crippen molar-refractivity contribution in [2.45, 2.75) is 32.2 Å². The highest BCUT2D eigenvalue weighted by atomic mass is 16.5. The number of hydrogen-bond acceptors (Lipinski definition) is 4. The quantitative estimate of drug-likeness (QED) is 0.794. The number of benzene rings is 2. The number of ether oxygens (including phenoxy) is 3. The van der Waals surface area contributed by atoms with Crippen molar-refractivity contribution in [1.82, 2.24) is 0 Å². The summed E-state index contributed by atoms with van der Waals surface area (Å²) in [6, 6.07) is 12.1. The number of fused-ring (bicyclic) bond motifs is 1. The number of nitrogens with zero attached hydrogens (tertiary/aromatic N) is 1. The summed E-state index contributed by atoms with van der Waals surface area (Å²) in [6.07, 6.45) is 1.95. The van der Waals surface area contributed by atoms with E-state index in [9.17, 15) is 4.79 Å². The van der Waals surface area contributed by atoms with Gasteiger partial charge in [0, 0.05) is 18.2 Å². The zero-order valence-corrected chi connectivity index (χ0v) is 15.7. The minimum Gasteiger partial charge on any atom is -0.493 e. The Kier molecular flexibility index (Phi) is 5.35. The maximum absolute atomic E-state index is 12.9. The molecule has 0 fully saturated rings. The summed E-state index contributed by atoms with van der Waals surface area (Å²) in [4.78, 5) is 14.8. The summed E-state index contributed by atoms with van der Waals surface area (Å²) >= 11 is 0. The van der Waals surface area contributed by atoms with Crippen molar-refractivity contribution in [2.24, 2.45) is 0 Å². The van der Waals surface area contributed by atoms with Crippen molar-refractivity contribution in [3.05, 3.63) is 47.5 Å². The van der Waals surface area contributed by atoms with Gasteiger partial charge < -0.3 is 19.1 Å². The van der Waals surface area contributed by atoms with Crippen molar-refractivity contribution in [1.29, 1.82) is 0 Å². The van der Waals surface area contributed by atoms with Crippen LogP contribution in [0.25, 0.3) is 0 Å². The molecule has 1 amide bonds. The molecule has 2 aromatic rings. The van der Waals surface area contributed by atoms with Crippen LogP contribution < -0.4 is 19.1 Å². The first-order chi connectivity index (χ1) is 12.6. The van der Waals surface area contributed by atoms with Gasteiger partial charge in [-0.25, -0.2) is 0 Å². The smallest absolute Gasteiger partial charge is 0.227 e. The molecule has 3 rings (SSSR count). The molecule has 0 N–H and O–H groups in total. The average Bonchev–Trinajstić information content (AvgIpc) is 3.00. The van der Waals surface area contributed by atoms with E-state index in [0.29, 0.717) is 30.1 Å². The molecule has 1 atom stereocenters. The van der Waals surface area contributed by atoms with E-state index in [4.69, 9.17) is 14.2 Å². The number of anilines is 1. The molecule has 138 valence electrons. The van der Waals surface area contributed by atoms with Crippen LogP contribution in [-0.4, -0.2) is 33.3 Å². The van der Waals surface area contributed by atoms with Crippen LogP contribution in [0.2, 0.25) is 0 Å². The normalized spacial score (nSPS) is 15.5. The molecule has 1 aliphatic heterocycles. The average molecular weight is 355 g/mol. The summed E-state index contributed by atoms with van der Waals surface area (Å²) in [5.74, 6) is 1.91. The fraction of sp³-hybridized carbons (Fsp3) is 0.381. The van der Waals surface area contributed by atoms with Crippen LogP contribution in [0.4, 0.5) is 5.69 Å². The van der Waals surface area contributed by atoms with Gasteiger partial charge in [0.05, 0.1) is 21.3 Å². The van der Waals surface area contributed by atoms with E-state index < -0.39 is 0 Å². The van der Waals surface area contributed by atoms with Crippen molar-refractivity contribution >= 4 is 11.6 Å². The van der Waals surface area contributed by atoms with E-state index >= 15 is 0 Å². The molecule has 1 heterocycles. The summed E-state index contributed by atoms with van der Waals surface area (Å²) in [5, 5.41) is 0. The molecule has 2 aromatic carbocycles.